The van der Waals surface area contributed by atoms with Crippen LogP contribution in [-0.4, -0.2) is 21.9 Å². The largest absolute Gasteiger partial charge is 0.497 e. The van der Waals surface area contributed by atoms with Crippen molar-refractivity contribution in [2.24, 2.45) is 17.4 Å². The third-order valence-corrected chi connectivity index (χ3v) is 4.53. The second kappa shape index (κ2) is 9.37. The van der Waals surface area contributed by atoms with Gasteiger partial charge in [0.15, 0.2) is 5.82 Å². The van der Waals surface area contributed by atoms with E-state index in [0.29, 0.717) is 0 Å². The predicted octanol–water partition coefficient (Wildman–Crippen LogP) is 5.00. The normalized spacial score (nSPS) is 10.5. The van der Waals surface area contributed by atoms with Crippen molar-refractivity contribution in [1.29, 1.82) is 0 Å². The molecule has 0 radical (unpaired) electrons. The molecule has 0 unspecified atom stereocenters. The van der Waals surface area contributed by atoms with Gasteiger partial charge in [0.25, 0.3) is 0 Å². The van der Waals surface area contributed by atoms with Crippen LogP contribution in [-0.2, 0) is 7.05 Å². The lowest BCUT2D eigenvalue weighted by Crippen LogP contribution is -1.91. The number of rotatable bonds is 5. The molecular formula is C24H20N6O. The van der Waals surface area contributed by atoms with Crippen molar-refractivity contribution in [3.63, 3.8) is 0 Å². The molecule has 3 aromatic carbocycles. The van der Waals surface area contributed by atoms with E-state index in [1.165, 1.54) is 0 Å². The molecule has 0 saturated heterocycles. The fourth-order valence-electron chi connectivity index (χ4n) is 2.86. The Hall–Kier alpha value is -4.44. The van der Waals surface area contributed by atoms with E-state index >= 15 is 0 Å². The van der Waals surface area contributed by atoms with Crippen LogP contribution in [0.5, 0.6) is 5.75 Å². The van der Waals surface area contributed by atoms with Crippen LogP contribution in [0.3, 0.4) is 0 Å². The maximum Gasteiger partial charge on any atom is 0.163 e. The minimum atomic E-state index is 0.722. The Kier molecular flexibility index (Phi) is 6.00. The lowest BCUT2D eigenvalue weighted by atomic mass is 10.1. The summed E-state index contributed by atoms with van der Waals surface area (Å²) in [5, 5.41) is 16.4. The van der Waals surface area contributed by atoms with Gasteiger partial charge in [-0.3, -0.25) is 5.43 Å². The first-order valence-electron chi connectivity index (χ1n) is 9.59. The fraction of sp³-hybridized carbons (Fsp3) is 0.0833. The summed E-state index contributed by atoms with van der Waals surface area (Å²) in [5.41, 5.74) is 7.18. The Bertz CT molecular complexity index is 1250. The summed E-state index contributed by atoms with van der Waals surface area (Å²) in [7, 11) is 3.55. The SMILES string of the molecule is COc1ccc(C#Cc2ccccc2N/N=N/c2ccc(-c3nncn3C)cc2)cc1. The van der Waals surface area contributed by atoms with Crippen LogP contribution in [0.4, 0.5) is 11.4 Å². The topological polar surface area (TPSA) is 76.7 Å². The van der Waals surface area contributed by atoms with Crippen molar-refractivity contribution in [3.8, 4) is 29.0 Å². The summed E-state index contributed by atoms with van der Waals surface area (Å²) in [4.78, 5) is 0. The summed E-state index contributed by atoms with van der Waals surface area (Å²) < 4.78 is 7.04. The van der Waals surface area contributed by atoms with Gasteiger partial charge in [0.05, 0.1) is 18.5 Å². The zero-order valence-electron chi connectivity index (χ0n) is 17.1. The maximum atomic E-state index is 5.17. The van der Waals surface area contributed by atoms with Crippen LogP contribution in [0.1, 0.15) is 11.1 Å². The van der Waals surface area contributed by atoms with E-state index in [1.54, 1.807) is 13.4 Å². The van der Waals surface area contributed by atoms with Crippen LogP contribution in [0.25, 0.3) is 11.4 Å². The maximum absolute atomic E-state index is 5.17. The molecule has 0 atom stereocenters. The highest BCUT2D eigenvalue weighted by atomic mass is 16.5. The number of para-hydroxylation sites is 1. The van der Waals surface area contributed by atoms with Crippen LogP contribution in [0.15, 0.2) is 89.5 Å². The number of benzene rings is 3. The van der Waals surface area contributed by atoms with Gasteiger partial charge in [-0.05, 0) is 60.7 Å². The third kappa shape index (κ3) is 4.95. The first-order chi connectivity index (χ1) is 15.2. The average Bonchev–Trinajstić information content (AvgIpc) is 3.25. The number of nitrogens with zero attached hydrogens (tertiary/aromatic N) is 5. The van der Waals surface area contributed by atoms with E-state index in [4.69, 9.17) is 4.74 Å². The van der Waals surface area contributed by atoms with Crippen molar-refractivity contribution in [1.82, 2.24) is 14.8 Å². The first-order valence-corrected chi connectivity index (χ1v) is 9.59. The molecule has 0 aliphatic heterocycles. The van der Waals surface area contributed by atoms with Gasteiger partial charge in [-0.25, -0.2) is 0 Å². The molecule has 7 nitrogen and oxygen atoms in total. The van der Waals surface area contributed by atoms with Gasteiger partial charge in [-0.1, -0.05) is 29.2 Å². The molecule has 31 heavy (non-hydrogen) atoms. The molecule has 4 rings (SSSR count). The molecule has 1 heterocycles. The van der Waals surface area contributed by atoms with E-state index in [1.807, 2.05) is 84.4 Å². The summed E-state index contributed by atoms with van der Waals surface area (Å²) in [6.45, 7) is 0. The smallest absolute Gasteiger partial charge is 0.163 e. The van der Waals surface area contributed by atoms with Gasteiger partial charge in [0.2, 0.25) is 0 Å². The molecule has 1 N–H and O–H groups in total. The molecule has 0 amide bonds. The summed E-state index contributed by atoms with van der Waals surface area (Å²) in [5.74, 6) is 7.93. The van der Waals surface area contributed by atoms with Gasteiger partial charge >= 0.3 is 0 Å². The highest BCUT2D eigenvalue weighted by Crippen LogP contribution is 2.21. The van der Waals surface area contributed by atoms with Crippen LogP contribution in [0, 0.1) is 11.8 Å². The van der Waals surface area contributed by atoms with Crippen LogP contribution in [0.2, 0.25) is 0 Å². The van der Waals surface area contributed by atoms with Crippen molar-refractivity contribution >= 4 is 11.4 Å². The highest BCUT2D eigenvalue weighted by Gasteiger charge is 2.04. The number of aromatic nitrogens is 3. The number of hydrogen-bond acceptors (Lipinski definition) is 5. The molecule has 0 spiro atoms. The van der Waals surface area contributed by atoms with E-state index in [9.17, 15) is 0 Å². The van der Waals surface area contributed by atoms with Gasteiger partial charge in [-0.2, -0.15) is 0 Å². The minimum Gasteiger partial charge on any atom is -0.497 e. The molecule has 1 aromatic heterocycles. The van der Waals surface area contributed by atoms with Crippen molar-refractivity contribution in [2.45, 2.75) is 0 Å². The quantitative estimate of drug-likeness (QED) is 0.286. The number of ether oxygens (including phenoxy) is 1. The summed E-state index contributed by atoms with van der Waals surface area (Å²) in [6, 6.07) is 23.0. The average molecular weight is 408 g/mol. The molecule has 0 aliphatic carbocycles. The zero-order valence-corrected chi connectivity index (χ0v) is 17.1. The van der Waals surface area contributed by atoms with E-state index in [2.05, 4.69) is 37.8 Å². The van der Waals surface area contributed by atoms with Crippen LogP contribution >= 0.6 is 0 Å². The van der Waals surface area contributed by atoms with Gasteiger partial charge < -0.3 is 9.30 Å². The standard InChI is InChI=1S/C24H20N6O/c1-30-17-25-28-24(30)20-11-13-21(14-12-20)26-29-27-23-6-4-3-5-19(23)10-7-18-8-15-22(31-2)16-9-18/h3-6,8-9,11-17H,1-2H3,(H,26,27). The Morgan fingerprint density at radius 2 is 1.71 bits per heavy atom. The molecule has 7 heteroatoms. The molecule has 0 fully saturated rings. The number of methoxy groups -OCH3 is 1. The van der Waals surface area contributed by atoms with E-state index in [-0.39, 0.29) is 0 Å². The Morgan fingerprint density at radius 1 is 0.935 bits per heavy atom. The van der Waals surface area contributed by atoms with Crippen LogP contribution < -0.4 is 10.2 Å². The minimum absolute atomic E-state index is 0.722. The van der Waals surface area contributed by atoms with E-state index < -0.39 is 0 Å². The summed E-state index contributed by atoms with van der Waals surface area (Å²) >= 11 is 0. The third-order valence-electron chi connectivity index (χ3n) is 4.53. The molecule has 0 saturated carbocycles. The number of anilines is 1. The molecule has 0 bridgehead atoms. The second-order valence-electron chi connectivity index (χ2n) is 6.65. The monoisotopic (exact) mass is 408 g/mol. The summed E-state index contributed by atoms with van der Waals surface area (Å²) in [6.07, 6.45) is 1.67. The lowest BCUT2D eigenvalue weighted by Gasteiger charge is -2.03. The molecule has 152 valence electrons. The lowest BCUT2D eigenvalue weighted by molar-refractivity contribution is 0.415. The predicted molar refractivity (Wildman–Crippen MR) is 120 cm³/mol. The highest BCUT2D eigenvalue weighted by molar-refractivity contribution is 5.60. The van der Waals surface area contributed by atoms with Crippen molar-refractivity contribution in [2.75, 3.05) is 12.5 Å². The van der Waals surface area contributed by atoms with Crippen molar-refractivity contribution < 1.29 is 4.74 Å². The fourth-order valence-corrected chi connectivity index (χ4v) is 2.86. The second-order valence-corrected chi connectivity index (χ2v) is 6.65. The first kappa shape index (κ1) is 19.9. The van der Waals surface area contributed by atoms with Gasteiger partial charge in [0, 0.05) is 23.7 Å². The number of nitrogens with one attached hydrogen (secondary N) is 1. The van der Waals surface area contributed by atoms with Gasteiger partial charge in [0.1, 0.15) is 12.1 Å². The number of aryl methyl sites for hydroxylation is 1. The number of hydrogen-bond donors (Lipinski definition) is 1. The Balaban J connectivity index is 1.45. The Morgan fingerprint density at radius 3 is 2.42 bits per heavy atom. The zero-order chi connectivity index (χ0) is 21.5. The van der Waals surface area contributed by atoms with Crippen molar-refractivity contribution in [3.05, 3.63) is 90.3 Å². The molecule has 4 aromatic rings. The Labute approximate surface area is 180 Å². The molecular weight excluding hydrogens is 388 g/mol. The van der Waals surface area contributed by atoms with E-state index in [0.717, 1.165) is 39.6 Å². The van der Waals surface area contributed by atoms with Gasteiger partial charge in [-0.15, -0.1) is 15.3 Å². The molecule has 0 aliphatic rings.